The van der Waals surface area contributed by atoms with Crippen LogP contribution in [0, 0.1) is 0 Å². The Morgan fingerprint density at radius 1 is 1.14 bits per heavy atom. The van der Waals surface area contributed by atoms with Crippen LogP contribution in [0.25, 0.3) is 33.5 Å². The second-order valence-electron chi connectivity index (χ2n) is 9.00. The van der Waals surface area contributed by atoms with Crippen LogP contribution in [0.3, 0.4) is 0 Å². The predicted octanol–water partition coefficient (Wildman–Crippen LogP) is 2.38. The molecule has 11 heteroatoms. The van der Waals surface area contributed by atoms with E-state index in [2.05, 4.69) is 25.6 Å². The first kappa shape index (κ1) is 22.5. The molecule has 4 heterocycles. The number of ether oxygens (including phenoxy) is 1. The maximum Gasteiger partial charge on any atom is 0.163 e. The average molecular weight is 468 g/mol. The first-order valence-electron chi connectivity index (χ1n) is 11.1. The summed E-state index contributed by atoms with van der Waals surface area (Å²) in [6, 6.07) is 11.6. The van der Waals surface area contributed by atoms with Crippen molar-refractivity contribution in [3.05, 3.63) is 61.3 Å². The summed E-state index contributed by atoms with van der Waals surface area (Å²) < 4.78 is 9.18. The van der Waals surface area contributed by atoms with Gasteiger partial charge in [0.15, 0.2) is 5.82 Å². The lowest BCUT2D eigenvalue weighted by molar-refractivity contribution is 0.123. The van der Waals surface area contributed by atoms with E-state index in [0.717, 1.165) is 39.2 Å². The highest BCUT2D eigenvalue weighted by molar-refractivity contribution is 6.13. The van der Waals surface area contributed by atoms with Gasteiger partial charge in [-0.2, -0.15) is 5.10 Å². The van der Waals surface area contributed by atoms with Crippen LogP contribution in [0.2, 0.25) is 0 Å². The fraction of sp³-hybridized carbons (Fsp3) is 0.208. The monoisotopic (exact) mass is 468 g/mol. The lowest BCUT2D eigenvalue weighted by atomic mass is 9.84. The van der Waals surface area contributed by atoms with E-state index in [1.54, 1.807) is 45.3 Å². The molecule has 0 spiro atoms. The van der Waals surface area contributed by atoms with Gasteiger partial charge in [-0.15, -0.1) is 10.2 Å². The lowest BCUT2D eigenvalue weighted by Crippen LogP contribution is -2.30. The van der Waals surface area contributed by atoms with Crippen LogP contribution in [0.1, 0.15) is 6.92 Å². The molecule has 0 bridgehead atoms. The number of hydrogen-bond donors (Lipinski definition) is 2. The molecule has 0 saturated heterocycles. The minimum absolute atomic E-state index is 0.399. The highest BCUT2D eigenvalue weighted by Crippen LogP contribution is 2.32. The Labute approximate surface area is 203 Å². The molecule has 0 aliphatic heterocycles. The fourth-order valence-corrected chi connectivity index (χ4v) is 3.84. The number of hydrogen-bond acceptors (Lipinski definition) is 8. The number of aliphatic hydroxyl groups is 1. The highest BCUT2D eigenvalue weighted by atomic mass is 16.5. The molecule has 2 N–H and O–H groups in total. The number of nitrogens with one attached hydrogen (secondary N) is 1. The number of aromatic nitrogens is 7. The van der Waals surface area contributed by atoms with E-state index in [1.807, 2.05) is 54.2 Å². The van der Waals surface area contributed by atoms with E-state index < -0.39 is 5.50 Å². The van der Waals surface area contributed by atoms with Gasteiger partial charge in [-0.05, 0) is 37.3 Å². The van der Waals surface area contributed by atoms with Crippen molar-refractivity contribution in [1.82, 2.24) is 34.5 Å². The largest absolute Gasteiger partial charge is 0.495 e. The van der Waals surface area contributed by atoms with Crippen LogP contribution >= 0.6 is 0 Å². The number of anilines is 2. The number of fused-ring (bicyclic) bond motifs is 1. The van der Waals surface area contributed by atoms with Crippen molar-refractivity contribution in [2.45, 2.75) is 19.0 Å². The van der Waals surface area contributed by atoms with Gasteiger partial charge in [0.05, 0.1) is 36.7 Å². The molecule has 176 valence electrons. The predicted molar refractivity (Wildman–Crippen MR) is 136 cm³/mol. The Morgan fingerprint density at radius 2 is 2.00 bits per heavy atom. The number of nitrogens with zero attached hydrogens (tertiary/aromatic N) is 7. The third kappa shape index (κ3) is 4.85. The van der Waals surface area contributed by atoms with Gasteiger partial charge in [0, 0.05) is 47.5 Å². The third-order valence-corrected chi connectivity index (χ3v) is 5.49. The quantitative estimate of drug-likeness (QED) is 0.350. The summed E-state index contributed by atoms with van der Waals surface area (Å²) in [6.45, 7) is 2.15. The molecular formula is C24H25BN8O2. The zero-order chi connectivity index (χ0) is 24.6. The topological polar surface area (TPSA) is 116 Å². The van der Waals surface area contributed by atoms with Crippen molar-refractivity contribution in [3.8, 4) is 28.4 Å². The van der Waals surface area contributed by atoms with E-state index in [4.69, 9.17) is 9.72 Å². The zero-order valence-corrected chi connectivity index (χ0v) is 20.0. The molecular weight excluding hydrogens is 443 g/mol. The van der Waals surface area contributed by atoms with E-state index in [9.17, 15) is 5.11 Å². The number of rotatable bonds is 7. The molecule has 0 aliphatic rings. The first-order valence-corrected chi connectivity index (χ1v) is 11.1. The molecule has 5 rings (SSSR count). The van der Waals surface area contributed by atoms with E-state index in [-0.39, 0.29) is 0 Å². The van der Waals surface area contributed by atoms with Crippen molar-refractivity contribution in [2.24, 2.45) is 7.05 Å². The Bertz CT molecular complexity index is 1510. The molecule has 0 saturated carbocycles. The summed E-state index contributed by atoms with van der Waals surface area (Å²) in [5.41, 5.74) is 3.29. The van der Waals surface area contributed by atoms with Gasteiger partial charge in [0.25, 0.3) is 0 Å². The molecule has 0 fully saturated rings. The van der Waals surface area contributed by atoms with Crippen molar-refractivity contribution in [1.29, 1.82) is 0 Å². The Morgan fingerprint density at radius 3 is 2.74 bits per heavy atom. The van der Waals surface area contributed by atoms with Crippen molar-refractivity contribution in [3.63, 3.8) is 0 Å². The molecule has 10 nitrogen and oxygen atoms in total. The van der Waals surface area contributed by atoms with Crippen molar-refractivity contribution >= 4 is 30.3 Å². The fourth-order valence-electron chi connectivity index (χ4n) is 3.84. The summed E-state index contributed by atoms with van der Waals surface area (Å²) in [5.74, 6) is 2.05. The first-order chi connectivity index (χ1) is 16.8. The Kier molecular flexibility index (Phi) is 5.69. The lowest BCUT2D eigenvalue weighted by Gasteiger charge is -2.16. The van der Waals surface area contributed by atoms with E-state index >= 15 is 0 Å². The van der Waals surface area contributed by atoms with Crippen LogP contribution in [0.15, 0.2) is 61.3 Å². The summed E-state index contributed by atoms with van der Waals surface area (Å²) in [4.78, 5) is 9.35. The molecule has 1 atom stereocenters. The smallest absolute Gasteiger partial charge is 0.163 e. The van der Waals surface area contributed by atoms with Crippen LogP contribution < -0.4 is 10.1 Å². The number of methoxy groups -OCH3 is 1. The van der Waals surface area contributed by atoms with Gasteiger partial charge in [-0.3, -0.25) is 4.68 Å². The molecule has 35 heavy (non-hydrogen) atoms. The summed E-state index contributed by atoms with van der Waals surface area (Å²) in [6.07, 6.45) is 7.08. The van der Waals surface area contributed by atoms with E-state index in [0.29, 0.717) is 18.1 Å². The van der Waals surface area contributed by atoms with Gasteiger partial charge in [0.2, 0.25) is 0 Å². The standard InChI is InChI=1S/C24H25BN8O2/c1-24(25,34)13-33-12-17(11-28-33)18-6-5-16-10-26-22(9-20(16)29-18)30-19-7-4-15(8-21(19)35-3)23-31-27-14-32(23)2/h4-12,14,34H,13,25H2,1-3H3,(H,26,30). The van der Waals surface area contributed by atoms with Crippen LogP contribution in [-0.4, -0.2) is 60.1 Å². The highest BCUT2D eigenvalue weighted by Gasteiger charge is 2.15. The molecule has 5 aromatic rings. The van der Waals surface area contributed by atoms with Gasteiger partial charge in [0.1, 0.15) is 25.7 Å². The van der Waals surface area contributed by atoms with Crippen molar-refractivity contribution in [2.75, 3.05) is 12.4 Å². The summed E-state index contributed by atoms with van der Waals surface area (Å²) in [5, 5.41) is 26.8. The molecule has 4 aromatic heterocycles. The third-order valence-electron chi connectivity index (χ3n) is 5.49. The molecule has 0 amide bonds. The Hall–Kier alpha value is -4.25. The number of pyridine rings is 2. The molecule has 1 aromatic carbocycles. The van der Waals surface area contributed by atoms with Crippen LogP contribution in [0.4, 0.5) is 11.5 Å². The molecule has 0 radical (unpaired) electrons. The summed E-state index contributed by atoms with van der Waals surface area (Å²) >= 11 is 0. The second-order valence-corrected chi connectivity index (χ2v) is 9.00. The van der Waals surface area contributed by atoms with Crippen LogP contribution in [-0.2, 0) is 13.6 Å². The maximum atomic E-state index is 10.1. The normalized spacial score (nSPS) is 13.0. The molecule has 1 unspecified atom stereocenters. The average Bonchev–Trinajstić information content (AvgIpc) is 3.46. The van der Waals surface area contributed by atoms with E-state index in [1.165, 1.54) is 0 Å². The summed E-state index contributed by atoms with van der Waals surface area (Å²) in [7, 11) is 5.27. The SMILES string of the molecule is BC(C)(O)Cn1cc(-c2ccc3cnc(Nc4ccc(-c5nncn5C)cc4OC)cc3n2)cn1. The van der Waals surface area contributed by atoms with Gasteiger partial charge in [-0.1, -0.05) is 0 Å². The minimum Gasteiger partial charge on any atom is -0.495 e. The van der Waals surface area contributed by atoms with Gasteiger partial charge in [-0.25, -0.2) is 9.97 Å². The number of aryl methyl sites for hydroxylation is 1. The van der Waals surface area contributed by atoms with Crippen LogP contribution in [0.5, 0.6) is 5.75 Å². The molecule has 0 aliphatic carbocycles. The maximum absolute atomic E-state index is 10.1. The van der Waals surface area contributed by atoms with Crippen molar-refractivity contribution < 1.29 is 9.84 Å². The Balaban J connectivity index is 1.42. The number of benzene rings is 1. The van der Waals surface area contributed by atoms with Gasteiger partial charge >= 0.3 is 0 Å². The second kappa shape index (κ2) is 8.84. The minimum atomic E-state index is -0.847. The zero-order valence-electron chi connectivity index (χ0n) is 20.0. The van der Waals surface area contributed by atoms with Gasteiger partial charge < -0.3 is 19.7 Å².